The Morgan fingerprint density at radius 3 is 2.29 bits per heavy atom. The van der Waals surface area contributed by atoms with Gasteiger partial charge in [0.05, 0.1) is 0 Å². The van der Waals surface area contributed by atoms with Crippen molar-refractivity contribution in [1.82, 2.24) is 0 Å². The molecular weight excluding hydrogens is 342 g/mol. The molecule has 2 aromatic rings. The third-order valence-electron chi connectivity index (χ3n) is 2.65. The van der Waals surface area contributed by atoms with Gasteiger partial charge in [-0.05, 0) is 41.8 Å². The maximum Gasteiger partial charge on any atom is 0.0336 e. The van der Waals surface area contributed by atoms with Crippen LogP contribution in [0.2, 0.25) is 0 Å². The zero-order valence-electron chi connectivity index (χ0n) is 9.24. The quantitative estimate of drug-likeness (QED) is 0.865. The van der Waals surface area contributed by atoms with Crippen LogP contribution in [0.3, 0.4) is 0 Å². The Labute approximate surface area is 118 Å². The van der Waals surface area contributed by atoms with Gasteiger partial charge in [0, 0.05) is 15.0 Å². The lowest BCUT2D eigenvalue weighted by molar-refractivity contribution is 0.721. The molecule has 88 valence electrons. The van der Waals surface area contributed by atoms with E-state index in [0.29, 0.717) is 0 Å². The lowest BCUT2D eigenvalue weighted by Crippen LogP contribution is -2.13. The van der Waals surface area contributed by atoms with Crippen molar-refractivity contribution in [3.8, 4) is 0 Å². The predicted molar refractivity (Wildman–Crippen MR) is 78.9 cm³/mol. The molecule has 2 rings (SSSR count). The molecule has 0 spiro atoms. The van der Waals surface area contributed by atoms with Gasteiger partial charge in [-0.3, -0.25) is 0 Å². The third-order valence-corrected chi connectivity index (χ3v) is 3.67. The van der Waals surface area contributed by atoms with Crippen LogP contribution in [0.1, 0.15) is 17.2 Å². The highest BCUT2D eigenvalue weighted by Crippen LogP contribution is 2.20. The SMILES string of the molecule is NC(Cc1ccc(Br)cc1)c1cccc(Br)c1. The number of rotatable bonds is 3. The summed E-state index contributed by atoms with van der Waals surface area (Å²) in [5.41, 5.74) is 8.61. The van der Waals surface area contributed by atoms with Gasteiger partial charge in [-0.15, -0.1) is 0 Å². The molecule has 0 amide bonds. The van der Waals surface area contributed by atoms with E-state index in [2.05, 4.69) is 56.1 Å². The smallest absolute Gasteiger partial charge is 0.0336 e. The molecule has 2 aromatic carbocycles. The van der Waals surface area contributed by atoms with Crippen LogP contribution in [0.15, 0.2) is 57.5 Å². The number of benzene rings is 2. The maximum absolute atomic E-state index is 6.20. The second-order valence-electron chi connectivity index (χ2n) is 3.99. The van der Waals surface area contributed by atoms with Crippen LogP contribution >= 0.6 is 31.9 Å². The standard InChI is InChI=1S/C14H13Br2N/c15-12-6-4-10(5-7-12)8-14(17)11-2-1-3-13(16)9-11/h1-7,9,14H,8,17H2. The second kappa shape index (κ2) is 5.80. The van der Waals surface area contributed by atoms with Gasteiger partial charge in [-0.25, -0.2) is 0 Å². The summed E-state index contributed by atoms with van der Waals surface area (Å²) in [5, 5.41) is 0. The largest absolute Gasteiger partial charge is 0.324 e. The Morgan fingerprint density at radius 2 is 1.65 bits per heavy atom. The second-order valence-corrected chi connectivity index (χ2v) is 5.82. The van der Waals surface area contributed by atoms with E-state index in [-0.39, 0.29) is 6.04 Å². The Hall–Kier alpha value is -0.640. The first-order chi connectivity index (χ1) is 8.15. The summed E-state index contributed by atoms with van der Waals surface area (Å²) in [7, 11) is 0. The van der Waals surface area contributed by atoms with Crippen LogP contribution in [0.4, 0.5) is 0 Å². The van der Waals surface area contributed by atoms with Gasteiger partial charge < -0.3 is 5.73 Å². The lowest BCUT2D eigenvalue weighted by atomic mass is 10.00. The highest BCUT2D eigenvalue weighted by molar-refractivity contribution is 9.10. The topological polar surface area (TPSA) is 26.0 Å². The number of hydrogen-bond donors (Lipinski definition) is 1. The molecule has 1 atom stereocenters. The van der Waals surface area contributed by atoms with Crippen molar-refractivity contribution in [2.75, 3.05) is 0 Å². The van der Waals surface area contributed by atoms with Gasteiger partial charge in [-0.1, -0.05) is 56.1 Å². The first-order valence-electron chi connectivity index (χ1n) is 5.40. The molecule has 0 aromatic heterocycles. The van der Waals surface area contributed by atoms with Gasteiger partial charge in [0.2, 0.25) is 0 Å². The van der Waals surface area contributed by atoms with E-state index in [9.17, 15) is 0 Å². The molecule has 0 radical (unpaired) electrons. The number of nitrogens with two attached hydrogens (primary N) is 1. The Morgan fingerprint density at radius 1 is 0.941 bits per heavy atom. The molecule has 2 N–H and O–H groups in total. The van der Waals surface area contributed by atoms with E-state index < -0.39 is 0 Å². The minimum absolute atomic E-state index is 0.0358. The minimum atomic E-state index is 0.0358. The highest BCUT2D eigenvalue weighted by atomic mass is 79.9. The molecular formula is C14H13Br2N. The average molecular weight is 355 g/mol. The Balaban J connectivity index is 2.11. The van der Waals surface area contributed by atoms with Crippen LogP contribution in [-0.4, -0.2) is 0 Å². The van der Waals surface area contributed by atoms with Gasteiger partial charge >= 0.3 is 0 Å². The average Bonchev–Trinajstić information content (AvgIpc) is 2.32. The fraction of sp³-hybridized carbons (Fsp3) is 0.143. The summed E-state index contributed by atoms with van der Waals surface area (Å²) in [6.45, 7) is 0. The summed E-state index contributed by atoms with van der Waals surface area (Å²) in [6, 6.07) is 16.5. The highest BCUT2D eigenvalue weighted by Gasteiger charge is 2.07. The lowest BCUT2D eigenvalue weighted by Gasteiger charge is -2.12. The third kappa shape index (κ3) is 3.66. The summed E-state index contributed by atoms with van der Waals surface area (Å²) >= 11 is 6.89. The zero-order valence-corrected chi connectivity index (χ0v) is 12.4. The molecule has 0 heterocycles. The van der Waals surface area contributed by atoms with E-state index in [1.807, 2.05) is 24.3 Å². The summed E-state index contributed by atoms with van der Waals surface area (Å²) in [4.78, 5) is 0. The molecule has 0 saturated carbocycles. The van der Waals surface area contributed by atoms with Gasteiger partial charge in [0.25, 0.3) is 0 Å². The molecule has 0 bridgehead atoms. The summed E-state index contributed by atoms with van der Waals surface area (Å²) in [6.07, 6.45) is 0.851. The van der Waals surface area contributed by atoms with Crippen LogP contribution in [0, 0.1) is 0 Å². The van der Waals surface area contributed by atoms with Crippen molar-refractivity contribution in [3.05, 3.63) is 68.6 Å². The monoisotopic (exact) mass is 353 g/mol. The van der Waals surface area contributed by atoms with E-state index in [4.69, 9.17) is 5.73 Å². The predicted octanol–water partition coefficient (Wildman–Crippen LogP) is 4.45. The molecule has 0 aliphatic rings. The van der Waals surface area contributed by atoms with E-state index in [1.165, 1.54) is 5.56 Å². The first kappa shape index (κ1) is 12.8. The minimum Gasteiger partial charge on any atom is -0.324 e. The first-order valence-corrected chi connectivity index (χ1v) is 6.99. The van der Waals surface area contributed by atoms with E-state index in [1.54, 1.807) is 0 Å². The number of halogens is 2. The fourth-order valence-electron chi connectivity index (χ4n) is 1.73. The van der Waals surface area contributed by atoms with Gasteiger partial charge in [-0.2, -0.15) is 0 Å². The molecule has 0 fully saturated rings. The van der Waals surface area contributed by atoms with Crippen LogP contribution in [0.25, 0.3) is 0 Å². The zero-order chi connectivity index (χ0) is 12.3. The van der Waals surface area contributed by atoms with E-state index in [0.717, 1.165) is 20.9 Å². The fourth-order valence-corrected chi connectivity index (χ4v) is 2.41. The van der Waals surface area contributed by atoms with Crippen molar-refractivity contribution in [2.45, 2.75) is 12.5 Å². The molecule has 0 saturated heterocycles. The Bertz CT molecular complexity index is 494. The van der Waals surface area contributed by atoms with Crippen molar-refractivity contribution in [1.29, 1.82) is 0 Å². The van der Waals surface area contributed by atoms with Crippen LogP contribution < -0.4 is 5.73 Å². The van der Waals surface area contributed by atoms with Crippen molar-refractivity contribution in [2.24, 2.45) is 5.73 Å². The molecule has 17 heavy (non-hydrogen) atoms. The van der Waals surface area contributed by atoms with Crippen molar-refractivity contribution < 1.29 is 0 Å². The molecule has 1 nitrogen and oxygen atoms in total. The van der Waals surface area contributed by atoms with Crippen molar-refractivity contribution >= 4 is 31.9 Å². The molecule has 1 unspecified atom stereocenters. The van der Waals surface area contributed by atoms with Crippen molar-refractivity contribution in [3.63, 3.8) is 0 Å². The molecule has 3 heteroatoms. The normalized spacial score (nSPS) is 12.4. The number of hydrogen-bond acceptors (Lipinski definition) is 1. The van der Waals surface area contributed by atoms with Gasteiger partial charge in [0.1, 0.15) is 0 Å². The maximum atomic E-state index is 6.20. The summed E-state index contributed by atoms with van der Waals surface area (Å²) < 4.78 is 2.17. The summed E-state index contributed by atoms with van der Waals surface area (Å²) in [5.74, 6) is 0. The molecule has 0 aliphatic heterocycles. The van der Waals surface area contributed by atoms with Crippen LogP contribution in [-0.2, 0) is 6.42 Å². The van der Waals surface area contributed by atoms with Crippen LogP contribution in [0.5, 0.6) is 0 Å². The molecule has 0 aliphatic carbocycles. The Kier molecular flexibility index (Phi) is 4.37. The van der Waals surface area contributed by atoms with E-state index >= 15 is 0 Å². The van der Waals surface area contributed by atoms with Gasteiger partial charge in [0.15, 0.2) is 0 Å².